The molecular weight excluding hydrogens is 326 g/mol. The predicted octanol–water partition coefficient (Wildman–Crippen LogP) is 2.44. The van der Waals surface area contributed by atoms with E-state index in [1.165, 1.54) is 0 Å². The van der Waals surface area contributed by atoms with E-state index in [1.54, 1.807) is 26.0 Å². The van der Waals surface area contributed by atoms with Crippen LogP contribution in [-0.4, -0.2) is 29.6 Å². The Morgan fingerprint density at radius 2 is 2.10 bits per heavy atom. The van der Waals surface area contributed by atoms with Crippen molar-refractivity contribution >= 4 is 27.8 Å². The van der Waals surface area contributed by atoms with Gasteiger partial charge in [-0.15, -0.1) is 0 Å². The maximum absolute atomic E-state index is 11.7. The molecule has 0 saturated carbocycles. The molecule has 6 heteroatoms. The third-order valence-electron chi connectivity index (χ3n) is 2.64. The average Bonchev–Trinajstić information content (AvgIpc) is 2.35. The summed E-state index contributed by atoms with van der Waals surface area (Å²) < 4.78 is 6.32. The Labute approximate surface area is 126 Å². The number of aliphatic carboxylic acids is 1. The molecule has 1 aromatic carbocycles. The largest absolute Gasteiger partial charge is 0.493 e. The number of ether oxygens (including phenoxy) is 1. The number of rotatable bonds is 7. The molecule has 0 saturated heterocycles. The van der Waals surface area contributed by atoms with Crippen LogP contribution in [0.3, 0.4) is 0 Å². The second-order valence-corrected chi connectivity index (χ2v) is 5.60. The lowest BCUT2D eigenvalue weighted by Crippen LogP contribution is -2.44. The van der Waals surface area contributed by atoms with Crippen LogP contribution in [0.4, 0.5) is 0 Å². The van der Waals surface area contributed by atoms with Crippen molar-refractivity contribution in [1.82, 2.24) is 5.32 Å². The lowest BCUT2D eigenvalue weighted by Gasteiger charge is -2.17. The summed E-state index contributed by atoms with van der Waals surface area (Å²) >= 11 is 3.32. The van der Waals surface area contributed by atoms with Crippen molar-refractivity contribution < 1.29 is 19.4 Å². The van der Waals surface area contributed by atoms with Crippen molar-refractivity contribution in [3.8, 4) is 5.75 Å². The van der Waals surface area contributed by atoms with E-state index in [0.29, 0.717) is 5.75 Å². The number of carboxylic acid groups (broad SMARTS) is 1. The molecule has 110 valence electrons. The van der Waals surface area contributed by atoms with E-state index in [0.717, 1.165) is 4.47 Å². The number of hydrogen-bond acceptors (Lipinski definition) is 3. The minimum atomic E-state index is -1.03. The van der Waals surface area contributed by atoms with Gasteiger partial charge in [0.25, 0.3) is 0 Å². The van der Waals surface area contributed by atoms with Crippen LogP contribution in [0.1, 0.15) is 20.3 Å². The average molecular weight is 344 g/mol. The number of nitrogens with one attached hydrogen (secondary N) is 1. The van der Waals surface area contributed by atoms with E-state index in [4.69, 9.17) is 9.84 Å². The first-order valence-electron chi connectivity index (χ1n) is 6.30. The Bertz CT molecular complexity index is 476. The number of carbonyl (C=O) groups excluding carboxylic acids is 1. The van der Waals surface area contributed by atoms with Gasteiger partial charge in [0, 0.05) is 4.47 Å². The van der Waals surface area contributed by atoms with Crippen molar-refractivity contribution in [3.05, 3.63) is 28.7 Å². The van der Waals surface area contributed by atoms with Gasteiger partial charge in [0.1, 0.15) is 11.8 Å². The summed E-state index contributed by atoms with van der Waals surface area (Å²) in [5, 5.41) is 11.5. The standard InChI is InChI=1S/C14H18BrNO4/c1-9(2)13(14(18)19)16-12(17)6-7-20-11-5-3-4-10(15)8-11/h3-5,8-9,13H,6-7H2,1-2H3,(H,16,17)(H,18,19)/t13-/m1/s1. The molecule has 2 N–H and O–H groups in total. The fraction of sp³-hybridized carbons (Fsp3) is 0.429. The summed E-state index contributed by atoms with van der Waals surface area (Å²) in [6, 6.07) is 6.43. The molecule has 1 amide bonds. The molecule has 1 atom stereocenters. The number of carbonyl (C=O) groups is 2. The molecule has 1 rings (SSSR count). The second-order valence-electron chi connectivity index (χ2n) is 4.68. The van der Waals surface area contributed by atoms with Gasteiger partial charge in [-0.1, -0.05) is 35.8 Å². The monoisotopic (exact) mass is 343 g/mol. The fourth-order valence-electron chi connectivity index (χ4n) is 1.58. The maximum Gasteiger partial charge on any atom is 0.326 e. The molecule has 0 fully saturated rings. The van der Waals surface area contributed by atoms with Crippen LogP contribution < -0.4 is 10.1 Å². The summed E-state index contributed by atoms with van der Waals surface area (Å²) in [5.41, 5.74) is 0. The summed E-state index contributed by atoms with van der Waals surface area (Å²) in [6.45, 7) is 3.70. The highest BCUT2D eigenvalue weighted by Crippen LogP contribution is 2.17. The molecule has 0 radical (unpaired) electrons. The summed E-state index contributed by atoms with van der Waals surface area (Å²) in [7, 11) is 0. The first kappa shape index (κ1) is 16.5. The summed E-state index contributed by atoms with van der Waals surface area (Å²) in [5.74, 6) is -0.865. The van der Waals surface area contributed by atoms with Crippen LogP contribution in [0, 0.1) is 5.92 Å². The molecule has 20 heavy (non-hydrogen) atoms. The molecule has 0 aromatic heterocycles. The number of amides is 1. The summed E-state index contributed by atoms with van der Waals surface area (Å²) in [6.07, 6.45) is 0.114. The SMILES string of the molecule is CC(C)[C@@H](NC(=O)CCOc1cccc(Br)c1)C(=O)O. The predicted molar refractivity (Wildman–Crippen MR) is 78.7 cm³/mol. The van der Waals surface area contributed by atoms with E-state index >= 15 is 0 Å². The molecular formula is C14H18BrNO4. The Morgan fingerprint density at radius 3 is 2.65 bits per heavy atom. The third-order valence-corrected chi connectivity index (χ3v) is 3.14. The van der Waals surface area contributed by atoms with Crippen LogP contribution >= 0.6 is 15.9 Å². The molecule has 0 unspecified atom stereocenters. The molecule has 5 nitrogen and oxygen atoms in total. The van der Waals surface area contributed by atoms with Gasteiger partial charge in [-0.05, 0) is 24.1 Å². The number of halogens is 1. The number of hydrogen-bond donors (Lipinski definition) is 2. The highest BCUT2D eigenvalue weighted by Gasteiger charge is 2.23. The highest BCUT2D eigenvalue weighted by molar-refractivity contribution is 9.10. The minimum absolute atomic E-state index is 0.114. The van der Waals surface area contributed by atoms with Gasteiger partial charge in [0.2, 0.25) is 5.91 Å². The topological polar surface area (TPSA) is 75.6 Å². The molecule has 1 aromatic rings. The van der Waals surface area contributed by atoms with E-state index in [-0.39, 0.29) is 24.9 Å². The van der Waals surface area contributed by atoms with Crippen molar-refractivity contribution in [3.63, 3.8) is 0 Å². The van der Waals surface area contributed by atoms with Crippen molar-refractivity contribution in [2.45, 2.75) is 26.3 Å². The molecule has 0 aliphatic rings. The van der Waals surface area contributed by atoms with Gasteiger partial charge in [-0.3, -0.25) is 4.79 Å². The fourth-order valence-corrected chi connectivity index (χ4v) is 1.96. The van der Waals surface area contributed by atoms with Crippen LogP contribution in [0.15, 0.2) is 28.7 Å². The first-order chi connectivity index (χ1) is 9.40. The zero-order valence-electron chi connectivity index (χ0n) is 11.4. The van der Waals surface area contributed by atoms with Crippen LogP contribution in [0.25, 0.3) is 0 Å². The van der Waals surface area contributed by atoms with Gasteiger partial charge >= 0.3 is 5.97 Å². The van der Waals surface area contributed by atoms with Crippen molar-refractivity contribution in [2.24, 2.45) is 5.92 Å². The highest BCUT2D eigenvalue weighted by atomic mass is 79.9. The Morgan fingerprint density at radius 1 is 1.40 bits per heavy atom. The lowest BCUT2D eigenvalue weighted by atomic mass is 10.0. The van der Waals surface area contributed by atoms with Crippen LogP contribution in [-0.2, 0) is 9.59 Å². The Kier molecular flexibility index (Phi) is 6.51. The molecule has 0 bridgehead atoms. The van der Waals surface area contributed by atoms with Crippen molar-refractivity contribution in [1.29, 1.82) is 0 Å². The normalized spacial score (nSPS) is 12.0. The molecule has 0 spiro atoms. The second kappa shape index (κ2) is 7.89. The smallest absolute Gasteiger partial charge is 0.326 e. The van der Waals surface area contributed by atoms with Gasteiger partial charge in [-0.25, -0.2) is 4.79 Å². The first-order valence-corrected chi connectivity index (χ1v) is 7.10. The number of benzene rings is 1. The van der Waals surface area contributed by atoms with Gasteiger partial charge < -0.3 is 15.2 Å². The zero-order chi connectivity index (χ0) is 15.1. The molecule has 0 aliphatic heterocycles. The van der Waals surface area contributed by atoms with Gasteiger partial charge in [0.15, 0.2) is 0 Å². The quantitative estimate of drug-likeness (QED) is 0.797. The third kappa shape index (κ3) is 5.61. The number of carboxylic acids is 1. The van der Waals surface area contributed by atoms with Crippen molar-refractivity contribution in [2.75, 3.05) is 6.61 Å². The molecule has 0 aliphatic carbocycles. The molecule has 0 heterocycles. The minimum Gasteiger partial charge on any atom is -0.493 e. The Balaban J connectivity index is 2.38. The zero-order valence-corrected chi connectivity index (χ0v) is 13.0. The summed E-state index contributed by atoms with van der Waals surface area (Å²) in [4.78, 5) is 22.6. The van der Waals surface area contributed by atoms with Gasteiger partial charge in [-0.2, -0.15) is 0 Å². The van der Waals surface area contributed by atoms with E-state index in [9.17, 15) is 9.59 Å². The Hall–Kier alpha value is -1.56. The van der Waals surface area contributed by atoms with E-state index < -0.39 is 12.0 Å². The van der Waals surface area contributed by atoms with Crippen LogP contribution in [0.2, 0.25) is 0 Å². The van der Waals surface area contributed by atoms with Gasteiger partial charge in [0.05, 0.1) is 13.0 Å². The van der Waals surface area contributed by atoms with E-state index in [2.05, 4.69) is 21.2 Å². The van der Waals surface area contributed by atoms with Crippen LogP contribution in [0.5, 0.6) is 5.75 Å². The van der Waals surface area contributed by atoms with E-state index in [1.807, 2.05) is 12.1 Å². The lowest BCUT2D eigenvalue weighted by molar-refractivity contribution is -0.143. The maximum atomic E-state index is 11.7.